The zero-order valence-corrected chi connectivity index (χ0v) is 20.3. The summed E-state index contributed by atoms with van der Waals surface area (Å²) in [7, 11) is 0. The molecule has 4 aliphatic rings. The Morgan fingerprint density at radius 1 is 1.30 bits per heavy atom. The Bertz CT molecular complexity index is 1040. The minimum atomic E-state index is -1.47. The van der Waals surface area contributed by atoms with Crippen LogP contribution in [0.1, 0.15) is 46.5 Å². The number of allylic oxidation sites excluding steroid dienone is 4. The van der Waals surface area contributed by atoms with Crippen LogP contribution in [0.15, 0.2) is 53.2 Å². The molecule has 0 radical (unpaired) electrons. The first-order valence-corrected chi connectivity index (χ1v) is 13.0. The van der Waals surface area contributed by atoms with Crippen LogP contribution in [0.3, 0.4) is 0 Å². The summed E-state index contributed by atoms with van der Waals surface area (Å²) in [5.41, 5.74) is -1.38. The highest BCUT2D eigenvalue weighted by Gasteiger charge is 2.70. The molecule has 0 spiro atoms. The van der Waals surface area contributed by atoms with Crippen LogP contribution in [0.25, 0.3) is 0 Å². The van der Waals surface area contributed by atoms with Gasteiger partial charge >= 0.3 is 0 Å². The quantitative estimate of drug-likeness (QED) is 0.651. The molecule has 1 heterocycles. The van der Waals surface area contributed by atoms with Crippen LogP contribution >= 0.6 is 11.8 Å². The van der Waals surface area contributed by atoms with Crippen molar-refractivity contribution in [2.75, 3.05) is 5.75 Å². The number of nitrogens with zero attached hydrogens (tertiary/aromatic N) is 1. The van der Waals surface area contributed by atoms with Gasteiger partial charge in [0.15, 0.2) is 11.6 Å². The zero-order chi connectivity index (χ0) is 23.6. The van der Waals surface area contributed by atoms with Gasteiger partial charge in [0.25, 0.3) is 0 Å². The Morgan fingerprint density at radius 3 is 2.82 bits per heavy atom. The lowest BCUT2D eigenvalue weighted by atomic mass is 9.46. The molecule has 0 amide bonds. The number of hydrogen-bond donors (Lipinski definition) is 2. The van der Waals surface area contributed by atoms with Crippen molar-refractivity contribution in [3.8, 4) is 0 Å². The molecular weight excluding hydrogens is 434 g/mol. The Balaban J connectivity index is 1.45. The summed E-state index contributed by atoms with van der Waals surface area (Å²) in [4.78, 5) is 29.9. The van der Waals surface area contributed by atoms with Crippen molar-refractivity contribution in [2.24, 2.45) is 34.5 Å². The summed E-state index contributed by atoms with van der Waals surface area (Å²) >= 11 is 1.36. The van der Waals surface area contributed by atoms with Crippen molar-refractivity contribution in [3.05, 3.63) is 48.2 Å². The average Bonchev–Trinajstić information content (AvgIpc) is 2.99. The monoisotopic (exact) mass is 467 g/mol. The second kappa shape index (κ2) is 7.89. The number of aromatic nitrogens is 1. The van der Waals surface area contributed by atoms with Crippen molar-refractivity contribution in [1.82, 2.24) is 4.98 Å². The van der Waals surface area contributed by atoms with Gasteiger partial charge in [0.05, 0.1) is 16.9 Å². The van der Waals surface area contributed by atoms with E-state index in [2.05, 4.69) is 11.9 Å². The fourth-order valence-corrected chi connectivity index (χ4v) is 8.74. The molecule has 33 heavy (non-hydrogen) atoms. The van der Waals surface area contributed by atoms with Gasteiger partial charge in [-0.15, -0.1) is 0 Å². The number of fused-ring (bicyclic) bond motifs is 5. The number of ketones is 2. The fourth-order valence-electron chi connectivity index (χ4n) is 7.94. The summed E-state index contributed by atoms with van der Waals surface area (Å²) in [6, 6.07) is 5.60. The lowest BCUT2D eigenvalue weighted by molar-refractivity contribution is -0.179. The maximum Gasteiger partial charge on any atom is 0.178 e. The van der Waals surface area contributed by atoms with Gasteiger partial charge in [-0.2, -0.15) is 0 Å². The molecule has 6 unspecified atom stereocenters. The van der Waals surface area contributed by atoms with E-state index in [1.807, 2.05) is 38.1 Å². The molecule has 0 bridgehead atoms. The first-order valence-electron chi connectivity index (χ1n) is 12.0. The number of pyridine rings is 1. The minimum absolute atomic E-state index is 0.00697. The molecule has 2 N–H and O–H groups in total. The first-order chi connectivity index (χ1) is 15.6. The number of rotatable bonds is 4. The second-order valence-electron chi connectivity index (χ2n) is 11.0. The first kappa shape index (κ1) is 23.0. The largest absolute Gasteiger partial charge is 0.393 e. The number of Topliss-reactive ketones (excluding diaryl/α,β-unsaturated/α-hetero) is 1. The topological polar surface area (TPSA) is 87.5 Å². The molecule has 3 saturated carbocycles. The predicted octanol–water partition coefficient (Wildman–Crippen LogP) is 4.00. The maximum absolute atomic E-state index is 13.6. The van der Waals surface area contributed by atoms with Crippen LogP contribution in [0.4, 0.5) is 0 Å². The third kappa shape index (κ3) is 3.24. The van der Waals surface area contributed by atoms with Gasteiger partial charge < -0.3 is 10.2 Å². The van der Waals surface area contributed by atoms with Crippen molar-refractivity contribution in [3.63, 3.8) is 0 Å². The molecule has 5 nitrogen and oxygen atoms in total. The smallest absolute Gasteiger partial charge is 0.178 e. The molecule has 0 aromatic carbocycles. The van der Waals surface area contributed by atoms with Gasteiger partial charge in [-0.1, -0.05) is 50.2 Å². The molecule has 1 aromatic rings. The molecule has 8 atom stereocenters. The van der Waals surface area contributed by atoms with E-state index in [9.17, 15) is 19.8 Å². The van der Waals surface area contributed by atoms with Gasteiger partial charge in [-0.25, -0.2) is 4.98 Å². The zero-order valence-electron chi connectivity index (χ0n) is 19.5. The number of aliphatic hydroxyl groups excluding tert-OH is 1. The van der Waals surface area contributed by atoms with Crippen LogP contribution in [-0.2, 0) is 9.59 Å². The highest BCUT2D eigenvalue weighted by molar-refractivity contribution is 7.99. The second-order valence-corrected chi connectivity index (χ2v) is 12.0. The lowest BCUT2D eigenvalue weighted by Gasteiger charge is -2.59. The van der Waals surface area contributed by atoms with Gasteiger partial charge in [-0.05, 0) is 67.7 Å². The van der Waals surface area contributed by atoms with Crippen molar-refractivity contribution in [2.45, 2.75) is 63.2 Å². The lowest BCUT2D eigenvalue weighted by Crippen LogP contribution is -2.62. The Morgan fingerprint density at radius 2 is 2.09 bits per heavy atom. The summed E-state index contributed by atoms with van der Waals surface area (Å²) in [5.74, 6) is 0.198. The molecular formula is C27H33NO4S. The van der Waals surface area contributed by atoms with E-state index in [1.165, 1.54) is 11.8 Å². The molecule has 176 valence electrons. The summed E-state index contributed by atoms with van der Waals surface area (Å²) in [6.07, 6.45) is 9.31. The highest BCUT2D eigenvalue weighted by Crippen LogP contribution is 2.68. The average molecular weight is 468 g/mol. The van der Waals surface area contributed by atoms with Crippen molar-refractivity contribution < 1.29 is 19.8 Å². The van der Waals surface area contributed by atoms with Crippen molar-refractivity contribution in [1.29, 1.82) is 0 Å². The third-order valence-corrected chi connectivity index (χ3v) is 10.4. The van der Waals surface area contributed by atoms with Gasteiger partial charge in [-0.3, -0.25) is 9.59 Å². The van der Waals surface area contributed by atoms with Gasteiger partial charge in [0.2, 0.25) is 0 Å². The van der Waals surface area contributed by atoms with E-state index in [0.29, 0.717) is 6.42 Å². The van der Waals surface area contributed by atoms with E-state index < -0.39 is 17.1 Å². The number of thioether (sulfide) groups is 1. The van der Waals surface area contributed by atoms with E-state index in [0.717, 1.165) is 29.9 Å². The SMILES string of the molecule is C[C@@H]1CC2C3CCC4=CC(=O)C=CC4(C)C3C(O)CC2(C)[C@@]1(O)C(=O)CSc1ccccn1. The highest BCUT2D eigenvalue weighted by atomic mass is 32.2. The summed E-state index contributed by atoms with van der Waals surface area (Å²) in [6.45, 7) is 6.16. The van der Waals surface area contributed by atoms with E-state index in [-0.39, 0.29) is 46.4 Å². The maximum atomic E-state index is 13.6. The number of carbonyl (C=O) groups is 2. The Hall–Kier alpha value is -1.76. The van der Waals surface area contributed by atoms with E-state index in [1.54, 1.807) is 18.3 Å². The fraction of sp³-hybridized carbons (Fsp3) is 0.593. The molecule has 1 aromatic heterocycles. The molecule has 6 heteroatoms. The van der Waals surface area contributed by atoms with Crippen LogP contribution < -0.4 is 0 Å². The van der Waals surface area contributed by atoms with Crippen LogP contribution in [0, 0.1) is 34.5 Å². The number of hydrogen-bond acceptors (Lipinski definition) is 6. The summed E-state index contributed by atoms with van der Waals surface area (Å²) < 4.78 is 0. The predicted molar refractivity (Wildman–Crippen MR) is 127 cm³/mol. The standard InChI is InChI=1S/C27H33NO4S/c1-16-12-20-19-8-7-17-13-18(29)9-10-25(17,2)24(19)21(30)14-26(20,3)27(16,32)22(31)15-33-23-6-4-5-11-28-23/h4-6,9-11,13,16,19-21,24,30,32H,7-8,12,14-15H2,1-3H3/t16-,19?,20?,21?,24?,25?,26?,27+/m1/s1. The third-order valence-electron chi connectivity index (χ3n) is 9.49. The molecule has 3 fully saturated rings. The normalized spacial score (nSPS) is 44.0. The van der Waals surface area contributed by atoms with E-state index >= 15 is 0 Å². The van der Waals surface area contributed by atoms with E-state index in [4.69, 9.17) is 0 Å². The van der Waals surface area contributed by atoms with Crippen LogP contribution in [0.5, 0.6) is 0 Å². The molecule has 0 saturated heterocycles. The van der Waals surface area contributed by atoms with Gasteiger partial charge in [0, 0.05) is 22.9 Å². The molecule has 5 rings (SSSR count). The number of aliphatic hydroxyl groups is 2. The van der Waals surface area contributed by atoms with Crippen molar-refractivity contribution >= 4 is 23.3 Å². The Labute approximate surface area is 199 Å². The summed E-state index contributed by atoms with van der Waals surface area (Å²) in [5, 5.41) is 24.3. The number of carbonyl (C=O) groups excluding carboxylic acids is 2. The Kier molecular flexibility index (Phi) is 5.50. The van der Waals surface area contributed by atoms with Gasteiger partial charge in [0.1, 0.15) is 5.60 Å². The minimum Gasteiger partial charge on any atom is -0.393 e. The van der Waals surface area contributed by atoms with Crippen LogP contribution in [0.2, 0.25) is 0 Å². The molecule has 4 aliphatic carbocycles. The van der Waals surface area contributed by atoms with Crippen LogP contribution in [-0.4, -0.2) is 44.2 Å². The molecule has 0 aliphatic heterocycles.